The number of halogens is 1. The molecule has 0 saturated carbocycles. The second-order valence-electron chi connectivity index (χ2n) is 7.79. The van der Waals surface area contributed by atoms with Crippen molar-refractivity contribution < 1.29 is 17.9 Å². The highest BCUT2D eigenvalue weighted by Crippen LogP contribution is 2.25. The van der Waals surface area contributed by atoms with Crippen LogP contribution in [0.4, 0.5) is 11.4 Å². The lowest BCUT2D eigenvalue weighted by molar-refractivity contribution is -0.122. The van der Waals surface area contributed by atoms with Gasteiger partial charge in [-0.05, 0) is 86.3 Å². The van der Waals surface area contributed by atoms with E-state index < -0.39 is 16.1 Å². The lowest BCUT2D eigenvalue weighted by Gasteiger charge is -2.19. The fourth-order valence-electron chi connectivity index (χ4n) is 3.18. The van der Waals surface area contributed by atoms with Crippen LogP contribution in [-0.4, -0.2) is 20.4 Å². The van der Waals surface area contributed by atoms with Gasteiger partial charge in [0, 0.05) is 10.7 Å². The van der Waals surface area contributed by atoms with Crippen LogP contribution in [0.5, 0.6) is 5.75 Å². The molecule has 0 aliphatic carbocycles. The molecule has 0 unspecified atom stereocenters. The van der Waals surface area contributed by atoms with E-state index in [0.717, 1.165) is 16.7 Å². The monoisotopic (exact) mass is 486 g/mol. The average molecular weight is 487 g/mol. The van der Waals surface area contributed by atoms with Gasteiger partial charge in [-0.25, -0.2) is 8.42 Å². The minimum Gasteiger partial charge on any atom is -0.480 e. The van der Waals surface area contributed by atoms with Crippen LogP contribution in [-0.2, 0) is 14.8 Å². The standard InChI is InChI=1S/C25H27ClN2O4S/c1-5-23(32-24-8-6-7-16(2)18(24)4)25(29)27-20-11-13-21(14-12-20)33(30,31)28-22-15-19(26)10-9-17(22)3/h6-15,23,28H,5H2,1-4H3,(H,27,29)/t23-/m0/s1. The lowest BCUT2D eigenvalue weighted by Crippen LogP contribution is -2.32. The van der Waals surface area contributed by atoms with Gasteiger partial charge in [0.05, 0.1) is 10.6 Å². The second kappa shape index (κ2) is 10.3. The predicted octanol–water partition coefficient (Wildman–Crippen LogP) is 5.86. The van der Waals surface area contributed by atoms with Crippen molar-refractivity contribution in [2.75, 3.05) is 10.0 Å². The van der Waals surface area contributed by atoms with Crippen LogP contribution in [0.15, 0.2) is 65.6 Å². The summed E-state index contributed by atoms with van der Waals surface area (Å²) in [5.41, 5.74) is 3.71. The minimum absolute atomic E-state index is 0.0681. The maximum Gasteiger partial charge on any atom is 0.265 e. The molecule has 0 aliphatic heterocycles. The zero-order valence-corrected chi connectivity index (χ0v) is 20.5. The summed E-state index contributed by atoms with van der Waals surface area (Å²) in [5.74, 6) is 0.363. The third-order valence-corrected chi connectivity index (χ3v) is 6.98. The van der Waals surface area contributed by atoms with Crippen LogP contribution < -0.4 is 14.8 Å². The number of hydrogen-bond donors (Lipinski definition) is 2. The largest absolute Gasteiger partial charge is 0.480 e. The molecule has 174 valence electrons. The van der Waals surface area contributed by atoms with Crippen molar-refractivity contribution in [1.82, 2.24) is 0 Å². The summed E-state index contributed by atoms with van der Waals surface area (Å²) in [6, 6.07) is 16.7. The maximum absolute atomic E-state index is 12.8. The maximum atomic E-state index is 12.8. The number of aryl methyl sites for hydroxylation is 2. The molecular weight excluding hydrogens is 460 g/mol. The van der Waals surface area contributed by atoms with Gasteiger partial charge in [0.1, 0.15) is 5.75 Å². The number of ether oxygens (including phenoxy) is 1. The van der Waals surface area contributed by atoms with Crippen molar-refractivity contribution in [1.29, 1.82) is 0 Å². The fraction of sp³-hybridized carbons (Fsp3) is 0.240. The van der Waals surface area contributed by atoms with Crippen LogP contribution in [0.1, 0.15) is 30.0 Å². The Labute approximate surface area is 200 Å². The van der Waals surface area contributed by atoms with Crippen molar-refractivity contribution in [3.63, 3.8) is 0 Å². The van der Waals surface area contributed by atoms with Crippen molar-refractivity contribution in [3.8, 4) is 5.75 Å². The summed E-state index contributed by atoms with van der Waals surface area (Å²) < 4.78 is 34.0. The van der Waals surface area contributed by atoms with E-state index in [4.69, 9.17) is 16.3 Å². The molecule has 3 aromatic carbocycles. The Morgan fingerprint density at radius 2 is 1.70 bits per heavy atom. The number of benzene rings is 3. The summed E-state index contributed by atoms with van der Waals surface area (Å²) in [5, 5.41) is 3.23. The first-order valence-corrected chi connectivity index (χ1v) is 12.4. The van der Waals surface area contributed by atoms with Gasteiger partial charge in [0.2, 0.25) is 0 Å². The molecule has 0 bridgehead atoms. The summed E-state index contributed by atoms with van der Waals surface area (Å²) in [7, 11) is -3.81. The smallest absolute Gasteiger partial charge is 0.265 e. The number of amides is 1. The summed E-state index contributed by atoms with van der Waals surface area (Å²) in [6.07, 6.45) is -0.199. The Morgan fingerprint density at radius 1 is 1.00 bits per heavy atom. The molecule has 6 nitrogen and oxygen atoms in total. The van der Waals surface area contributed by atoms with Gasteiger partial charge in [-0.3, -0.25) is 9.52 Å². The highest BCUT2D eigenvalue weighted by molar-refractivity contribution is 7.92. The minimum atomic E-state index is -3.81. The molecule has 1 amide bonds. The highest BCUT2D eigenvalue weighted by Gasteiger charge is 2.21. The van der Waals surface area contributed by atoms with Gasteiger partial charge in [-0.1, -0.05) is 36.7 Å². The first-order valence-electron chi connectivity index (χ1n) is 10.5. The van der Waals surface area contributed by atoms with Gasteiger partial charge in [0.15, 0.2) is 6.10 Å². The molecule has 0 aliphatic rings. The van der Waals surface area contributed by atoms with Gasteiger partial charge in [0.25, 0.3) is 15.9 Å². The number of carbonyl (C=O) groups is 1. The molecule has 33 heavy (non-hydrogen) atoms. The highest BCUT2D eigenvalue weighted by atomic mass is 35.5. The quantitative estimate of drug-likeness (QED) is 0.417. The number of anilines is 2. The SMILES string of the molecule is CC[C@H](Oc1cccc(C)c1C)C(=O)Nc1ccc(S(=O)(=O)Nc2cc(Cl)ccc2C)cc1. The van der Waals surface area contributed by atoms with Gasteiger partial charge in [-0.15, -0.1) is 0 Å². The third-order valence-electron chi connectivity index (χ3n) is 5.36. The van der Waals surface area contributed by atoms with E-state index in [-0.39, 0.29) is 10.8 Å². The zero-order valence-electron chi connectivity index (χ0n) is 19.0. The van der Waals surface area contributed by atoms with E-state index in [9.17, 15) is 13.2 Å². The summed E-state index contributed by atoms with van der Waals surface area (Å²) in [6.45, 7) is 7.60. The van der Waals surface area contributed by atoms with Crippen molar-refractivity contribution in [3.05, 3.63) is 82.4 Å². The first-order chi connectivity index (χ1) is 15.6. The van der Waals surface area contributed by atoms with Gasteiger partial charge in [-0.2, -0.15) is 0 Å². The Bertz CT molecular complexity index is 1260. The van der Waals surface area contributed by atoms with E-state index >= 15 is 0 Å². The van der Waals surface area contributed by atoms with Crippen LogP contribution in [0.3, 0.4) is 0 Å². The summed E-state index contributed by atoms with van der Waals surface area (Å²) >= 11 is 5.98. The molecule has 2 N–H and O–H groups in total. The molecule has 0 spiro atoms. The Hall–Kier alpha value is -3.03. The number of hydrogen-bond acceptors (Lipinski definition) is 4. The molecule has 0 heterocycles. The van der Waals surface area contributed by atoms with Crippen molar-refractivity contribution in [2.45, 2.75) is 45.1 Å². The molecule has 1 atom stereocenters. The molecule has 0 radical (unpaired) electrons. The normalized spacial score (nSPS) is 12.2. The molecule has 3 rings (SSSR count). The number of rotatable bonds is 8. The Kier molecular flexibility index (Phi) is 7.66. The Balaban J connectivity index is 1.70. The molecular formula is C25H27ClN2O4S. The van der Waals surface area contributed by atoms with Gasteiger partial charge < -0.3 is 10.1 Å². The Morgan fingerprint density at radius 3 is 2.36 bits per heavy atom. The summed E-state index contributed by atoms with van der Waals surface area (Å²) in [4.78, 5) is 12.8. The lowest BCUT2D eigenvalue weighted by atomic mass is 10.1. The van der Waals surface area contributed by atoms with Crippen LogP contribution >= 0.6 is 11.6 Å². The number of nitrogens with one attached hydrogen (secondary N) is 2. The van der Waals surface area contributed by atoms with Crippen LogP contribution in [0.2, 0.25) is 5.02 Å². The first kappa shape index (κ1) is 24.6. The zero-order chi connectivity index (χ0) is 24.2. The van der Waals surface area contributed by atoms with E-state index in [1.807, 2.05) is 39.0 Å². The number of carbonyl (C=O) groups excluding carboxylic acids is 1. The molecule has 0 aromatic heterocycles. The molecule has 0 saturated heterocycles. The van der Waals surface area contributed by atoms with Crippen molar-refractivity contribution in [2.24, 2.45) is 0 Å². The van der Waals surface area contributed by atoms with Crippen LogP contribution in [0.25, 0.3) is 0 Å². The molecule has 8 heteroatoms. The third kappa shape index (κ3) is 6.06. The number of sulfonamides is 1. The van der Waals surface area contributed by atoms with E-state index in [2.05, 4.69) is 10.0 Å². The predicted molar refractivity (Wildman–Crippen MR) is 133 cm³/mol. The fourth-order valence-corrected chi connectivity index (χ4v) is 4.47. The van der Waals surface area contributed by atoms with Gasteiger partial charge >= 0.3 is 0 Å². The van der Waals surface area contributed by atoms with E-state index in [1.54, 1.807) is 37.3 Å². The van der Waals surface area contributed by atoms with Crippen LogP contribution in [0, 0.1) is 20.8 Å². The van der Waals surface area contributed by atoms with E-state index in [0.29, 0.717) is 28.6 Å². The molecule has 3 aromatic rings. The van der Waals surface area contributed by atoms with E-state index in [1.165, 1.54) is 12.1 Å². The van der Waals surface area contributed by atoms with Crippen molar-refractivity contribution >= 4 is 38.9 Å². The second-order valence-corrected chi connectivity index (χ2v) is 9.91. The average Bonchev–Trinajstić information content (AvgIpc) is 2.77. The molecule has 0 fully saturated rings. The topological polar surface area (TPSA) is 84.5 Å².